The van der Waals surface area contributed by atoms with Crippen molar-refractivity contribution in [3.05, 3.63) is 76.6 Å². The Balaban J connectivity index is 1.24. The first-order valence-electron chi connectivity index (χ1n) is 11.1. The second-order valence-corrected chi connectivity index (χ2v) is 9.29. The van der Waals surface area contributed by atoms with E-state index in [2.05, 4.69) is 30.6 Å². The van der Waals surface area contributed by atoms with E-state index in [4.69, 9.17) is 0 Å². The van der Waals surface area contributed by atoms with Crippen LogP contribution >= 0.6 is 11.3 Å². The fourth-order valence-corrected chi connectivity index (χ4v) is 5.27. The van der Waals surface area contributed by atoms with Crippen LogP contribution in [0.5, 0.6) is 0 Å². The molecule has 8 nitrogen and oxygen atoms in total. The van der Waals surface area contributed by atoms with Gasteiger partial charge in [-0.2, -0.15) is 0 Å². The standard InChI is InChI=1S/C25H20N6O2S/c32-22(31-25-28-17-9-3-4-11-20(17)34-25)16-8-5-10-18-21(16)29-24(27-18)30-23(33)19-12-14-6-1-2-7-15(14)13-26-19/h1-2,5-8,10,12-13H,3-4,9,11H2,(H,28,31,32)(H2,27,29,30,33). The molecule has 0 fully saturated rings. The van der Waals surface area contributed by atoms with E-state index in [9.17, 15) is 9.59 Å². The molecule has 0 radical (unpaired) electrons. The maximum Gasteiger partial charge on any atom is 0.276 e. The first-order chi connectivity index (χ1) is 16.6. The normalized spacial score (nSPS) is 13.1. The highest BCUT2D eigenvalue weighted by atomic mass is 32.1. The van der Waals surface area contributed by atoms with Gasteiger partial charge in [0.25, 0.3) is 11.8 Å². The molecule has 0 saturated carbocycles. The molecule has 9 heteroatoms. The van der Waals surface area contributed by atoms with Crippen LogP contribution in [0.3, 0.4) is 0 Å². The summed E-state index contributed by atoms with van der Waals surface area (Å²) in [5, 5.41) is 8.16. The van der Waals surface area contributed by atoms with E-state index in [1.807, 2.05) is 30.3 Å². The Morgan fingerprint density at radius 3 is 2.65 bits per heavy atom. The molecule has 3 N–H and O–H groups in total. The molecule has 2 amide bonds. The molecule has 1 aliphatic rings. The SMILES string of the molecule is O=C(Nc1nc2c(C(=O)Nc3nc4c(s3)CCCC4)cccc2[nH]1)c1cc2ccccc2cn1. The quantitative estimate of drug-likeness (QED) is 0.345. The van der Waals surface area contributed by atoms with Gasteiger partial charge in [-0.1, -0.05) is 30.3 Å². The molecule has 0 saturated heterocycles. The summed E-state index contributed by atoms with van der Waals surface area (Å²) in [6, 6.07) is 14.7. The Morgan fingerprint density at radius 2 is 1.76 bits per heavy atom. The van der Waals surface area contributed by atoms with Crippen LogP contribution in [-0.4, -0.2) is 31.8 Å². The molecule has 1 aliphatic carbocycles. The molecule has 168 valence electrons. The minimum absolute atomic E-state index is 0.250. The first-order valence-corrected chi connectivity index (χ1v) is 11.9. The number of aromatic nitrogens is 4. The van der Waals surface area contributed by atoms with Crippen molar-refractivity contribution >= 4 is 56.0 Å². The molecule has 6 rings (SSSR count). The molecule has 0 aliphatic heterocycles. The summed E-state index contributed by atoms with van der Waals surface area (Å²) in [4.78, 5) is 43.4. The minimum atomic E-state index is -0.385. The van der Waals surface area contributed by atoms with Gasteiger partial charge in [-0.25, -0.2) is 9.97 Å². The van der Waals surface area contributed by atoms with Crippen molar-refractivity contribution in [3.63, 3.8) is 0 Å². The monoisotopic (exact) mass is 468 g/mol. The number of fused-ring (bicyclic) bond motifs is 3. The highest BCUT2D eigenvalue weighted by Crippen LogP contribution is 2.30. The third-order valence-corrected chi connectivity index (χ3v) is 6.99. The highest BCUT2D eigenvalue weighted by Gasteiger charge is 2.19. The predicted octanol–water partition coefficient (Wildman–Crippen LogP) is 4.95. The molecular weight excluding hydrogens is 448 g/mol. The highest BCUT2D eigenvalue weighted by molar-refractivity contribution is 7.15. The predicted molar refractivity (Wildman–Crippen MR) is 132 cm³/mol. The van der Waals surface area contributed by atoms with Crippen LogP contribution in [0.15, 0.2) is 54.7 Å². The zero-order valence-corrected chi connectivity index (χ0v) is 18.9. The lowest BCUT2D eigenvalue weighted by Gasteiger charge is -2.06. The third kappa shape index (κ3) is 3.80. The van der Waals surface area contributed by atoms with E-state index in [-0.39, 0.29) is 23.5 Å². The van der Waals surface area contributed by atoms with Gasteiger partial charge in [-0.15, -0.1) is 11.3 Å². The zero-order chi connectivity index (χ0) is 23.1. The zero-order valence-electron chi connectivity index (χ0n) is 18.1. The number of amides is 2. The van der Waals surface area contributed by atoms with Crippen molar-refractivity contribution in [2.45, 2.75) is 25.7 Å². The van der Waals surface area contributed by atoms with Gasteiger partial charge in [0, 0.05) is 16.5 Å². The second-order valence-electron chi connectivity index (χ2n) is 8.21. The van der Waals surface area contributed by atoms with Gasteiger partial charge in [0.1, 0.15) is 11.2 Å². The van der Waals surface area contributed by atoms with Crippen LogP contribution in [0, 0.1) is 0 Å². The number of nitrogens with one attached hydrogen (secondary N) is 3. The number of nitrogens with zero attached hydrogens (tertiary/aromatic N) is 3. The number of benzene rings is 2. The smallest absolute Gasteiger partial charge is 0.276 e. The average molecular weight is 469 g/mol. The van der Waals surface area contributed by atoms with Crippen molar-refractivity contribution in [1.29, 1.82) is 0 Å². The number of aromatic amines is 1. The summed E-state index contributed by atoms with van der Waals surface area (Å²) < 4.78 is 0. The molecule has 2 aromatic carbocycles. The number of thiazole rings is 1. The molecule has 0 bridgehead atoms. The summed E-state index contributed by atoms with van der Waals surface area (Å²) >= 11 is 1.54. The fraction of sp³-hybridized carbons (Fsp3) is 0.160. The maximum absolute atomic E-state index is 13.0. The molecule has 3 heterocycles. The van der Waals surface area contributed by atoms with Crippen molar-refractivity contribution in [2.24, 2.45) is 0 Å². The van der Waals surface area contributed by atoms with Crippen molar-refractivity contribution in [1.82, 2.24) is 19.9 Å². The second kappa shape index (κ2) is 8.35. The number of carbonyl (C=O) groups is 2. The molecule has 34 heavy (non-hydrogen) atoms. The number of rotatable bonds is 4. The van der Waals surface area contributed by atoms with Gasteiger partial charge in [0.2, 0.25) is 5.95 Å². The number of aryl methyl sites for hydroxylation is 2. The van der Waals surface area contributed by atoms with Crippen molar-refractivity contribution < 1.29 is 9.59 Å². The summed E-state index contributed by atoms with van der Waals surface area (Å²) in [6.07, 6.45) is 5.96. The van der Waals surface area contributed by atoms with E-state index in [0.717, 1.165) is 35.7 Å². The number of H-pyrrole nitrogens is 1. The van der Waals surface area contributed by atoms with Crippen LogP contribution in [0.25, 0.3) is 21.8 Å². The summed E-state index contributed by atoms with van der Waals surface area (Å²) in [5.74, 6) is -0.415. The Hall–Kier alpha value is -4.11. The van der Waals surface area contributed by atoms with E-state index in [1.165, 1.54) is 11.3 Å². The van der Waals surface area contributed by atoms with Gasteiger partial charge in [-0.05, 0) is 49.3 Å². The van der Waals surface area contributed by atoms with E-state index in [0.29, 0.717) is 21.7 Å². The van der Waals surface area contributed by atoms with Crippen LogP contribution in [0.4, 0.5) is 11.1 Å². The number of carbonyl (C=O) groups excluding carboxylic acids is 2. The van der Waals surface area contributed by atoms with Crippen molar-refractivity contribution in [2.75, 3.05) is 10.6 Å². The largest absolute Gasteiger partial charge is 0.324 e. The lowest BCUT2D eigenvalue weighted by molar-refractivity contribution is 0.101. The number of para-hydroxylation sites is 1. The maximum atomic E-state index is 13.0. The topological polar surface area (TPSA) is 113 Å². The van der Waals surface area contributed by atoms with E-state index >= 15 is 0 Å². The van der Waals surface area contributed by atoms with E-state index in [1.54, 1.807) is 35.7 Å². The summed E-state index contributed by atoms with van der Waals surface area (Å²) in [6.45, 7) is 0. The number of anilines is 2. The van der Waals surface area contributed by atoms with Gasteiger partial charge >= 0.3 is 0 Å². The minimum Gasteiger partial charge on any atom is -0.324 e. The Morgan fingerprint density at radius 1 is 0.912 bits per heavy atom. The van der Waals surface area contributed by atoms with Crippen LogP contribution in [0.2, 0.25) is 0 Å². The van der Waals surface area contributed by atoms with Gasteiger partial charge in [-0.3, -0.25) is 25.2 Å². The van der Waals surface area contributed by atoms with Gasteiger partial charge < -0.3 is 4.98 Å². The number of hydrogen-bond acceptors (Lipinski definition) is 6. The molecule has 0 atom stereocenters. The molecule has 0 spiro atoms. The number of pyridine rings is 1. The molecule has 3 aromatic heterocycles. The van der Waals surface area contributed by atoms with Crippen LogP contribution < -0.4 is 10.6 Å². The van der Waals surface area contributed by atoms with Crippen LogP contribution in [-0.2, 0) is 12.8 Å². The number of imidazole rings is 1. The van der Waals surface area contributed by atoms with Gasteiger partial charge in [0.15, 0.2) is 5.13 Å². The Labute approximate surface area is 198 Å². The Bertz CT molecular complexity index is 1550. The summed E-state index contributed by atoms with van der Waals surface area (Å²) in [5.41, 5.74) is 2.91. The molecule has 5 aromatic rings. The first kappa shape index (κ1) is 20.5. The molecule has 0 unspecified atom stereocenters. The third-order valence-electron chi connectivity index (χ3n) is 5.92. The van der Waals surface area contributed by atoms with E-state index < -0.39 is 0 Å². The van der Waals surface area contributed by atoms with Gasteiger partial charge in [0.05, 0.1) is 16.8 Å². The average Bonchev–Trinajstić information content (AvgIpc) is 3.46. The lowest BCUT2D eigenvalue weighted by Crippen LogP contribution is -2.14. The lowest BCUT2D eigenvalue weighted by atomic mass is 10.0. The van der Waals surface area contributed by atoms with Crippen molar-refractivity contribution in [3.8, 4) is 0 Å². The van der Waals surface area contributed by atoms with Crippen LogP contribution in [0.1, 0.15) is 44.3 Å². The fourth-order valence-electron chi connectivity index (χ4n) is 4.22. The Kier molecular flexibility index (Phi) is 5.03. The summed E-state index contributed by atoms with van der Waals surface area (Å²) in [7, 11) is 0. The molecular formula is C25H20N6O2S. The number of hydrogen-bond donors (Lipinski definition) is 3.